The summed E-state index contributed by atoms with van der Waals surface area (Å²) in [5.74, 6) is -0.628. The summed E-state index contributed by atoms with van der Waals surface area (Å²) in [4.78, 5) is 17.3. The summed E-state index contributed by atoms with van der Waals surface area (Å²) in [6.07, 6.45) is 1.28. The van der Waals surface area contributed by atoms with Gasteiger partial charge in [-0.25, -0.2) is 4.79 Å². The maximum absolute atomic E-state index is 11.3. The molecule has 0 bridgehead atoms. The smallest absolute Gasteiger partial charge is 0.335 e. The molecule has 1 heterocycles. The van der Waals surface area contributed by atoms with E-state index < -0.39 is 5.97 Å². The fourth-order valence-electron chi connectivity index (χ4n) is 2.64. The summed E-state index contributed by atoms with van der Waals surface area (Å²) in [6, 6.07) is 11.6. The lowest BCUT2D eigenvalue weighted by Crippen LogP contribution is -2.30. The largest absolute Gasteiger partial charge is 0.504 e. The molecule has 1 unspecified atom stereocenters. The van der Waals surface area contributed by atoms with Crippen LogP contribution >= 0.6 is 0 Å². The Bertz CT molecular complexity index is 798. The Morgan fingerprint density at radius 1 is 1.32 bits per heavy atom. The number of carbonyl (C=O) groups is 1. The van der Waals surface area contributed by atoms with Crippen molar-refractivity contribution in [3.8, 4) is 11.5 Å². The van der Waals surface area contributed by atoms with Crippen molar-refractivity contribution in [1.29, 1.82) is 0 Å². The summed E-state index contributed by atoms with van der Waals surface area (Å²) >= 11 is 0. The number of phenolic OH excluding ortho intramolecular Hbond substituents is 1. The lowest BCUT2D eigenvalue weighted by Gasteiger charge is -2.28. The SMILES string of the molecule is COc1cc(N(CC2CN=CO2)c2cccc(C(=O)O)c2)ccc1O. The van der Waals surface area contributed by atoms with Crippen LogP contribution in [0.4, 0.5) is 11.4 Å². The minimum Gasteiger partial charge on any atom is -0.504 e. The number of carboxylic acid groups (broad SMARTS) is 1. The molecule has 130 valence electrons. The van der Waals surface area contributed by atoms with E-state index in [9.17, 15) is 15.0 Å². The van der Waals surface area contributed by atoms with Crippen LogP contribution in [-0.4, -0.2) is 48.9 Å². The Balaban J connectivity index is 2.00. The van der Waals surface area contributed by atoms with E-state index in [-0.39, 0.29) is 17.4 Å². The highest BCUT2D eigenvalue weighted by Gasteiger charge is 2.21. The molecule has 1 aliphatic rings. The first-order valence-corrected chi connectivity index (χ1v) is 7.70. The van der Waals surface area contributed by atoms with Gasteiger partial charge in [-0.3, -0.25) is 4.99 Å². The van der Waals surface area contributed by atoms with Crippen LogP contribution < -0.4 is 9.64 Å². The zero-order valence-corrected chi connectivity index (χ0v) is 13.6. The second kappa shape index (κ2) is 7.12. The molecule has 25 heavy (non-hydrogen) atoms. The Labute approximate surface area is 144 Å². The Kier molecular flexibility index (Phi) is 4.74. The number of hydrogen-bond donors (Lipinski definition) is 2. The number of aliphatic imine (C=N–C) groups is 1. The standard InChI is InChI=1S/C18H18N2O5/c1-24-17-8-14(5-6-16(17)21)20(10-15-9-19-11-25-15)13-4-2-3-12(7-13)18(22)23/h2-8,11,15,21H,9-10H2,1H3,(H,22,23). The molecule has 1 aliphatic heterocycles. The number of benzene rings is 2. The van der Waals surface area contributed by atoms with Crippen LogP contribution in [0, 0.1) is 0 Å². The highest BCUT2D eigenvalue weighted by atomic mass is 16.5. The van der Waals surface area contributed by atoms with Gasteiger partial charge in [0.25, 0.3) is 0 Å². The first-order chi connectivity index (χ1) is 12.1. The van der Waals surface area contributed by atoms with E-state index >= 15 is 0 Å². The quantitative estimate of drug-likeness (QED) is 0.838. The van der Waals surface area contributed by atoms with Crippen molar-refractivity contribution in [2.45, 2.75) is 6.10 Å². The normalized spacial score (nSPS) is 15.6. The molecular weight excluding hydrogens is 324 g/mol. The Morgan fingerprint density at radius 3 is 2.80 bits per heavy atom. The maximum atomic E-state index is 11.3. The van der Waals surface area contributed by atoms with Gasteiger partial charge in [0, 0.05) is 17.4 Å². The molecule has 0 radical (unpaired) electrons. The number of aromatic hydroxyl groups is 1. The van der Waals surface area contributed by atoms with Crippen molar-refractivity contribution in [3.05, 3.63) is 48.0 Å². The highest BCUT2D eigenvalue weighted by Crippen LogP contribution is 2.34. The van der Waals surface area contributed by atoms with Gasteiger partial charge in [-0.15, -0.1) is 0 Å². The summed E-state index contributed by atoms with van der Waals surface area (Å²) in [6.45, 7) is 1.00. The van der Waals surface area contributed by atoms with E-state index in [1.807, 2.05) is 11.0 Å². The molecule has 7 heteroatoms. The van der Waals surface area contributed by atoms with Gasteiger partial charge in [0.15, 0.2) is 17.9 Å². The van der Waals surface area contributed by atoms with Crippen molar-refractivity contribution < 1.29 is 24.5 Å². The van der Waals surface area contributed by atoms with Crippen molar-refractivity contribution >= 4 is 23.7 Å². The van der Waals surface area contributed by atoms with E-state index in [0.717, 1.165) is 5.69 Å². The van der Waals surface area contributed by atoms with E-state index in [2.05, 4.69) is 4.99 Å². The van der Waals surface area contributed by atoms with Gasteiger partial charge in [0.2, 0.25) is 0 Å². The summed E-state index contributed by atoms with van der Waals surface area (Å²) in [5, 5.41) is 19.1. The van der Waals surface area contributed by atoms with Gasteiger partial charge in [-0.2, -0.15) is 0 Å². The summed E-state index contributed by atoms with van der Waals surface area (Å²) in [7, 11) is 1.47. The summed E-state index contributed by atoms with van der Waals surface area (Å²) < 4.78 is 10.6. The van der Waals surface area contributed by atoms with Gasteiger partial charge in [0.1, 0.15) is 6.10 Å². The number of methoxy groups -OCH3 is 1. The number of ether oxygens (including phenoxy) is 2. The number of hydrogen-bond acceptors (Lipinski definition) is 6. The average Bonchev–Trinajstić information content (AvgIpc) is 3.13. The molecule has 7 nitrogen and oxygen atoms in total. The average molecular weight is 342 g/mol. The zero-order chi connectivity index (χ0) is 17.8. The highest BCUT2D eigenvalue weighted by molar-refractivity contribution is 5.89. The van der Waals surface area contributed by atoms with E-state index in [1.54, 1.807) is 24.3 Å². The predicted molar refractivity (Wildman–Crippen MR) is 93.3 cm³/mol. The molecule has 3 rings (SSSR count). The van der Waals surface area contributed by atoms with Crippen LogP contribution in [0.5, 0.6) is 11.5 Å². The van der Waals surface area contributed by atoms with Crippen LogP contribution in [0.15, 0.2) is 47.5 Å². The molecule has 2 aromatic rings. The molecule has 2 aromatic carbocycles. The molecule has 0 fully saturated rings. The number of nitrogens with zero attached hydrogens (tertiary/aromatic N) is 2. The molecular formula is C18H18N2O5. The Hall–Kier alpha value is -3.22. The third-order valence-electron chi connectivity index (χ3n) is 3.90. The zero-order valence-electron chi connectivity index (χ0n) is 13.6. The number of anilines is 2. The van der Waals surface area contributed by atoms with Gasteiger partial charge in [-0.05, 0) is 30.3 Å². The van der Waals surface area contributed by atoms with E-state index in [0.29, 0.717) is 24.5 Å². The topological polar surface area (TPSA) is 91.6 Å². The number of carboxylic acids is 1. The van der Waals surface area contributed by atoms with Crippen molar-refractivity contribution in [3.63, 3.8) is 0 Å². The molecule has 0 spiro atoms. The minimum atomic E-state index is -0.995. The first kappa shape index (κ1) is 16.6. The number of phenols is 1. The lowest BCUT2D eigenvalue weighted by atomic mass is 10.1. The lowest BCUT2D eigenvalue weighted by molar-refractivity contribution is 0.0697. The summed E-state index contributed by atoms with van der Waals surface area (Å²) in [5.41, 5.74) is 1.63. The van der Waals surface area contributed by atoms with E-state index in [1.165, 1.54) is 25.6 Å². The number of rotatable bonds is 6. The fraction of sp³-hybridized carbons (Fsp3) is 0.222. The predicted octanol–water partition coefficient (Wildman–Crippen LogP) is 2.66. The Morgan fingerprint density at radius 2 is 2.12 bits per heavy atom. The van der Waals surface area contributed by atoms with Crippen molar-refractivity contribution in [2.75, 3.05) is 25.1 Å². The second-order valence-corrected chi connectivity index (χ2v) is 5.55. The number of aromatic carboxylic acids is 1. The molecule has 0 saturated carbocycles. The van der Waals surface area contributed by atoms with E-state index in [4.69, 9.17) is 9.47 Å². The molecule has 2 N–H and O–H groups in total. The van der Waals surface area contributed by atoms with Crippen LogP contribution in [0.3, 0.4) is 0 Å². The van der Waals surface area contributed by atoms with Crippen LogP contribution in [0.2, 0.25) is 0 Å². The van der Waals surface area contributed by atoms with Gasteiger partial charge < -0.3 is 24.6 Å². The molecule has 0 saturated heterocycles. The van der Waals surface area contributed by atoms with Crippen LogP contribution in [0.25, 0.3) is 0 Å². The fourth-order valence-corrected chi connectivity index (χ4v) is 2.64. The van der Waals surface area contributed by atoms with Crippen LogP contribution in [0.1, 0.15) is 10.4 Å². The molecule has 1 atom stereocenters. The van der Waals surface area contributed by atoms with Gasteiger partial charge in [0.05, 0.1) is 25.8 Å². The maximum Gasteiger partial charge on any atom is 0.335 e. The molecule has 0 aromatic heterocycles. The minimum absolute atomic E-state index is 0.0333. The third-order valence-corrected chi connectivity index (χ3v) is 3.90. The third kappa shape index (κ3) is 3.65. The van der Waals surface area contributed by atoms with Gasteiger partial charge in [-0.1, -0.05) is 6.07 Å². The molecule has 0 aliphatic carbocycles. The van der Waals surface area contributed by atoms with Crippen LogP contribution in [-0.2, 0) is 4.74 Å². The molecule has 0 amide bonds. The second-order valence-electron chi connectivity index (χ2n) is 5.55. The van der Waals surface area contributed by atoms with Crippen molar-refractivity contribution in [2.24, 2.45) is 4.99 Å². The first-order valence-electron chi connectivity index (χ1n) is 7.70. The monoisotopic (exact) mass is 342 g/mol. The van der Waals surface area contributed by atoms with Crippen molar-refractivity contribution in [1.82, 2.24) is 0 Å². The van der Waals surface area contributed by atoms with Gasteiger partial charge >= 0.3 is 5.97 Å².